The van der Waals surface area contributed by atoms with Gasteiger partial charge in [-0.15, -0.1) is 0 Å². The van der Waals surface area contributed by atoms with Crippen molar-refractivity contribution in [2.75, 3.05) is 19.7 Å². The molecule has 1 atom stereocenters. The van der Waals surface area contributed by atoms with Gasteiger partial charge in [0.2, 0.25) is 0 Å². The summed E-state index contributed by atoms with van der Waals surface area (Å²) in [5.41, 5.74) is 1.46. The Balaban J connectivity index is 0.000000942. The predicted molar refractivity (Wildman–Crippen MR) is 162 cm³/mol. The second-order valence-corrected chi connectivity index (χ2v) is 11.4. The molecular formula is C33H36ClF6NO5. The van der Waals surface area contributed by atoms with Crippen LogP contribution in [0.4, 0.5) is 26.3 Å². The van der Waals surface area contributed by atoms with Gasteiger partial charge in [-0.25, -0.2) is 9.59 Å². The number of carboxylic acids is 2. The van der Waals surface area contributed by atoms with E-state index in [0.717, 1.165) is 18.6 Å². The summed E-state index contributed by atoms with van der Waals surface area (Å²) >= 11 is 6.26. The molecule has 2 aromatic rings. The van der Waals surface area contributed by atoms with Crippen LogP contribution in [0.2, 0.25) is 5.02 Å². The highest BCUT2D eigenvalue weighted by atomic mass is 35.5. The average molecular weight is 676 g/mol. The highest BCUT2D eigenvalue weighted by Crippen LogP contribution is 2.37. The van der Waals surface area contributed by atoms with Crippen LogP contribution in [0, 0.1) is 5.92 Å². The molecule has 252 valence electrons. The first-order chi connectivity index (χ1) is 21.5. The third-order valence-corrected chi connectivity index (χ3v) is 7.16. The van der Waals surface area contributed by atoms with Crippen molar-refractivity contribution in [3.05, 3.63) is 106 Å². The average Bonchev–Trinajstić information content (AvgIpc) is 2.95. The molecule has 2 aromatic carbocycles. The van der Waals surface area contributed by atoms with E-state index in [9.17, 15) is 31.1 Å². The molecule has 0 amide bonds. The van der Waals surface area contributed by atoms with Crippen molar-refractivity contribution >= 4 is 23.5 Å². The summed E-state index contributed by atoms with van der Waals surface area (Å²) in [5.74, 6) is -2.44. The van der Waals surface area contributed by atoms with Crippen molar-refractivity contribution < 1.29 is 50.9 Å². The number of nitrogens with zero attached hydrogens (tertiary/aromatic N) is 1. The molecule has 6 nitrogen and oxygen atoms in total. The summed E-state index contributed by atoms with van der Waals surface area (Å²) in [6.07, 6.45) is -1.17. The predicted octanol–water partition coefficient (Wildman–Crippen LogP) is 8.89. The van der Waals surface area contributed by atoms with E-state index in [4.69, 9.17) is 31.3 Å². The Labute approximate surface area is 268 Å². The lowest BCUT2D eigenvalue weighted by Crippen LogP contribution is -2.31. The van der Waals surface area contributed by atoms with E-state index in [1.54, 1.807) is 18.2 Å². The van der Waals surface area contributed by atoms with Crippen molar-refractivity contribution in [3.8, 4) is 0 Å². The van der Waals surface area contributed by atoms with Crippen molar-refractivity contribution in [2.45, 2.75) is 57.9 Å². The van der Waals surface area contributed by atoms with Gasteiger partial charge >= 0.3 is 24.3 Å². The van der Waals surface area contributed by atoms with E-state index in [1.165, 1.54) is 11.6 Å². The van der Waals surface area contributed by atoms with Gasteiger partial charge in [-0.2, -0.15) is 26.3 Å². The number of hydrogen-bond acceptors (Lipinski definition) is 4. The number of allylic oxidation sites excluding steroid dienone is 4. The molecule has 46 heavy (non-hydrogen) atoms. The maximum absolute atomic E-state index is 13.5. The summed E-state index contributed by atoms with van der Waals surface area (Å²) in [6.45, 7) is 6.25. The molecule has 0 aromatic heterocycles. The van der Waals surface area contributed by atoms with Gasteiger partial charge in [0, 0.05) is 32.1 Å². The number of halogens is 7. The highest BCUT2D eigenvalue weighted by Gasteiger charge is 2.38. The molecule has 1 aliphatic carbocycles. The molecule has 0 spiro atoms. The van der Waals surface area contributed by atoms with Gasteiger partial charge < -0.3 is 14.9 Å². The van der Waals surface area contributed by atoms with Crippen LogP contribution >= 0.6 is 11.6 Å². The minimum Gasteiger partial charge on any atom is -0.498 e. The molecule has 13 heteroatoms. The SMILES string of the molecule is CC(C)C[C@@H](CN(CCCOC1=CC=CC(=CC(=O)O)C1)Cc1cccc(C(F)(F)F)c1Cl)c1ccccc1.O=C(O)C(F)(F)F. The quantitative estimate of drug-likeness (QED) is 0.125. The molecule has 2 N–H and O–H groups in total. The van der Waals surface area contributed by atoms with Crippen molar-refractivity contribution in [1.29, 1.82) is 0 Å². The normalized spacial score (nSPS) is 14.9. The lowest BCUT2D eigenvalue weighted by atomic mass is 9.89. The number of benzene rings is 2. The van der Waals surface area contributed by atoms with Crippen molar-refractivity contribution in [1.82, 2.24) is 4.90 Å². The zero-order valence-electron chi connectivity index (χ0n) is 25.2. The summed E-state index contributed by atoms with van der Waals surface area (Å²) in [4.78, 5) is 22.0. The fourth-order valence-corrected chi connectivity index (χ4v) is 5.06. The van der Waals surface area contributed by atoms with Gasteiger partial charge in [0.05, 0.1) is 17.2 Å². The van der Waals surface area contributed by atoms with Crippen LogP contribution in [0.3, 0.4) is 0 Å². The molecular weight excluding hydrogens is 640 g/mol. The molecule has 0 heterocycles. The number of carbonyl (C=O) groups is 2. The van der Waals surface area contributed by atoms with E-state index in [1.807, 2.05) is 24.3 Å². The zero-order valence-corrected chi connectivity index (χ0v) is 26.0. The van der Waals surface area contributed by atoms with Crippen molar-refractivity contribution in [3.63, 3.8) is 0 Å². The van der Waals surface area contributed by atoms with Gasteiger partial charge in [0.1, 0.15) is 5.76 Å². The van der Waals surface area contributed by atoms with Crippen LogP contribution in [0.15, 0.2) is 84.2 Å². The van der Waals surface area contributed by atoms with Gasteiger partial charge in [-0.1, -0.05) is 80.1 Å². The topological polar surface area (TPSA) is 87.1 Å². The smallest absolute Gasteiger partial charge is 0.490 e. The summed E-state index contributed by atoms with van der Waals surface area (Å²) in [6, 6.07) is 14.2. The Morgan fingerprint density at radius 2 is 1.67 bits per heavy atom. The monoisotopic (exact) mass is 675 g/mol. The van der Waals surface area contributed by atoms with E-state index in [0.29, 0.717) is 55.4 Å². The largest absolute Gasteiger partial charge is 0.498 e. The first-order valence-electron chi connectivity index (χ1n) is 14.3. The molecule has 0 radical (unpaired) electrons. The van der Waals surface area contributed by atoms with Crippen LogP contribution in [0.5, 0.6) is 0 Å². The zero-order chi connectivity index (χ0) is 34.5. The second-order valence-electron chi connectivity index (χ2n) is 11.0. The number of aliphatic carboxylic acids is 2. The lowest BCUT2D eigenvalue weighted by molar-refractivity contribution is -0.192. The van der Waals surface area contributed by atoms with Crippen LogP contribution in [0.1, 0.15) is 55.7 Å². The second kappa shape index (κ2) is 17.8. The Hall–Kier alpha value is -3.77. The maximum atomic E-state index is 13.5. The van der Waals surface area contributed by atoms with Crippen LogP contribution in [-0.4, -0.2) is 52.9 Å². The third kappa shape index (κ3) is 13.7. The summed E-state index contributed by atoms with van der Waals surface area (Å²) in [5, 5.41) is 15.9. The molecule has 0 saturated heterocycles. The molecule has 1 aliphatic rings. The molecule has 3 rings (SSSR count). The number of ether oxygens (including phenoxy) is 1. The lowest BCUT2D eigenvalue weighted by Gasteiger charge is -2.30. The molecule has 0 saturated carbocycles. The minimum atomic E-state index is -5.08. The standard InChI is InChI=1S/C31H35ClF3NO3.C2HF3O2/c1-22(2)17-26(24-10-4-3-5-11-24)21-36(20-25-12-7-14-28(30(25)32)31(33,34)35)15-8-16-39-27-13-6-9-23(18-27)19-29(37)38;3-2(4,5)1(6)7/h3-7,9-14,19,22,26H,8,15-18,20-21H2,1-2H3,(H,37,38);(H,6,7)/t26-;/m0./s1. The number of carboxylic acid groups (broad SMARTS) is 2. The maximum Gasteiger partial charge on any atom is 0.490 e. The molecule has 0 aliphatic heterocycles. The first-order valence-corrected chi connectivity index (χ1v) is 14.7. The summed E-state index contributed by atoms with van der Waals surface area (Å²) in [7, 11) is 0. The fourth-order valence-electron chi connectivity index (χ4n) is 4.76. The van der Waals surface area contributed by atoms with Crippen molar-refractivity contribution in [2.24, 2.45) is 5.92 Å². The Kier molecular flexibility index (Phi) is 14.9. The van der Waals surface area contributed by atoms with E-state index in [2.05, 4.69) is 30.9 Å². The van der Waals surface area contributed by atoms with Gasteiger partial charge in [0.15, 0.2) is 0 Å². The van der Waals surface area contributed by atoms with E-state index < -0.39 is 29.9 Å². The molecule has 0 bridgehead atoms. The minimum absolute atomic E-state index is 0.201. The number of hydrogen-bond donors (Lipinski definition) is 2. The number of rotatable bonds is 13. The van der Waals surface area contributed by atoms with E-state index in [-0.39, 0.29) is 17.5 Å². The Morgan fingerprint density at radius 1 is 1.02 bits per heavy atom. The van der Waals surface area contributed by atoms with Gasteiger partial charge in [-0.05, 0) is 53.5 Å². The van der Waals surface area contributed by atoms with Crippen LogP contribution < -0.4 is 0 Å². The Bertz CT molecular complexity index is 1390. The molecule has 0 unspecified atom stereocenters. The number of alkyl halides is 6. The summed E-state index contributed by atoms with van der Waals surface area (Å²) < 4.78 is 78.2. The van der Waals surface area contributed by atoms with E-state index >= 15 is 0 Å². The fraction of sp³-hybridized carbons (Fsp3) is 0.394. The molecule has 0 fully saturated rings. The Morgan fingerprint density at radius 3 is 2.24 bits per heavy atom. The van der Waals surface area contributed by atoms with Crippen LogP contribution in [0.25, 0.3) is 0 Å². The van der Waals surface area contributed by atoms with Crippen LogP contribution in [-0.2, 0) is 27.0 Å². The first kappa shape index (κ1) is 38.4. The van der Waals surface area contributed by atoms with Gasteiger partial charge in [0.25, 0.3) is 0 Å². The highest BCUT2D eigenvalue weighted by molar-refractivity contribution is 6.32. The third-order valence-electron chi connectivity index (χ3n) is 6.71. The van der Waals surface area contributed by atoms with Gasteiger partial charge in [-0.3, -0.25) is 4.90 Å².